The Morgan fingerprint density at radius 3 is 1.43 bits per heavy atom. The number of amides is 4. The minimum atomic E-state index is -0.412. The van der Waals surface area contributed by atoms with Gasteiger partial charge >= 0.3 is 0 Å². The average molecular weight is 320 g/mol. The highest BCUT2D eigenvalue weighted by Crippen LogP contribution is 2.03. The van der Waals surface area contributed by atoms with Crippen LogP contribution in [0, 0.1) is 0 Å². The van der Waals surface area contributed by atoms with Crippen LogP contribution in [0.3, 0.4) is 0 Å². The molecule has 0 atom stereocenters. The Morgan fingerprint density at radius 1 is 0.783 bits per heavy atom. The predicted molar refractivity (Wildman–Crippen MR) is 77.7 cm³/mol. The molecule has 4 amide bonds. The summed E-state index contributed by atoms with van der Waals surface area (Å²) in [6.07, 6.45) is 5.00. The lowest BCUT2D eigenvalue weighted by atomic mass is 10.3. The molecule has 0 fully saturated rings. The first-order valence-electron chi connectivity index (χ1n) is 6.84. The topological polar surface area (TPSA) is 109 Å². The number of nitrogens with zero attached hydrogens (tertiary/aromatic N) is 2. The Balaban J connectivity index is 0.000000231. The second-order valence-electron chi connectivity index (χ2n) is 4.79. The molecule has 2 rings (SSSR count). The zero-order valence-electron chi connectivity index (χ0n) is 12.8. The van der Waals surface area contributed by atoms with Crippen molar-refractivity contribution < 1.29 is 28.8 Å². The molecule has 8 heteroatoms. The second kappa shape index (κ2) is 7.92. The fraction of sp³-hybridized carbons (Fsp3) is 0.333. The Hall–Kier alpha value is -2.90. The maximum absolute atomic E-state index is 10.9. The first-order chi connectivity index (χ1) is 10.8. The quantitative estimate of drug-likeness (QED) is 0.625. The van der Waals surface area contributed by atoms with Crippen LogP contribution in [0.5, 0.6) is 0 Å². The molecule has 0 bridgehead atoms. The number of hydrogen-bond acceptors (Lipinski definition) is 6. The number of ketones is 2. The molecule has 2 heterocycles. The summed E-state index contributed by atoms with van der Waals surface area (Å²) in [5.74, 6) is -1.94. The molecule has 0 aliphatic carbocycles. The molecule has 0 radical (unpaired) electrons. The Morgan fingerprint density at radius 2 is 1.13 bits per heavy atom. The maximum atomic E-state index is 10.9. The van der Waals surface area contributed by atoms with Gasteiger partial charge in [0.15, 0.2) is 5.78 Å². The van der Waals surface area contributed by atoms with Gasteiger partial charge in [-0.05, 0) is 6.92 Å². The van der Waals surface area contributed by atoms with Gasteiger partial charge in [0.2, 0.25) is 0 Å². The van der Waals surface area contributed by atoms with Gasteiger partial charge in [0.25, 0.3) is 23.6 Å². The summed E-state index contributed by atoms with van der Waals surface area (Å²) < 4.78 is 0. The lowest BCUT2D eigenvalue weighted by Crippen LogP contribution is -2.34. The van der Waals surface area contributed by atoms with Crippen molar-refractivity contribution in [1.82, 2.24) is 9.80 Å². The van der Waals surface area contributed by atoms with Gasteiger partial charge in [0, 0.05) is 30.7 Å². The molecule has 2 aliphatic rings. The summed E-state index contributed by atoms with van der Waals surface area (Å²) in [6, 6.07) is 0. The second-order valence-corrected chi connectivity index (χ2v) is 4.79. The molecule has 0 N–H and O–H groups in total. The minimum Gasteiger partial charge on any atom is -0.298 e. The molecule has 122 valence electrons. The molecule has 0 aromatic carbocycles. The van der Waals surface area contributed by atoms with Crippen LogP contribution in [0.1, 0.15) is 20.3 Å². The zero-order chi connectivity index (χ0) is 17.6. The van der Waals surface area contributed by atoms with E-state index in [4.69, 9.17) is 0 Å². The molecule has 0 aromatic heterocycles. The van der Waals surface area contributed by atoms with Crippen LogP contribution < -0.4 is 0 Å². The number of imide groups is 2. The fourth-order valence-electron chi connectivity index (χ4n) is 1.68. The van der Waals surface area contributed by atoms with Crippen LogP contribution >= 0.6 is 0 Å². The van der Waals surface area contributed by atoms with Crippen LogP contribution in [0.2, 0.25) is 0 Å². The van der Waals surface area contributed by atoms with Gasteiger partial charge in [-0.1, -0.05) is 6.92 Å². The van der Waals surface area contributed by atoms with Crippen molar-refractivity contribution in [3.8, 4) is 0 Å². The molecule has 0 saturated heterocycles. The highest BCUT2D eigenvalue weighted by Gasteiger charge is 2.25. The van der Waals surface area contributed by atoms with Gasteiger partial charge in [-0.25, -0.2) is 0 Å². The van der Waals surface area contributed by atoms with E-state index in [1.807, 2.05) is 0 Å². The lowest BCUT2D eigenvalue weighted by molar-refractivity contribution is -0.140. The largest absolute Gasteiger partial charge is 0.298 e. The van der Waals surface area contributed by atoms with E-state index in [2.05, 4.69) is 0 Å². The van der Waals surface area contributed by atoms with Crippen molar-refractivity contribution in [2.24, 2.45) is 0 Å². The summed E-state index contributed by atoms with van der Waals surface area (Å²) in [6.45, 7) is 2.81. The normalized spacial score (nSPS) is 16.1. The molecular weight excluding hydrogens is 304 g/mol. The summed E-state index contributed by atoms with van der Waals surface area (Å²) in [5, 5.41) is 0. The Bertz CT molecular complexity index is 596. The van der Waals surface area contributed by atoms with Crippen molar-refractivity contribution in [3.63, 3.8) is 0 Å². The molecule has 23 heavy (non-hydrogen) atoms. The third-order valence-corrected chi connectivity index (χ3v) is 2.91. The van der Waals surface area contributed by atoms with Crippen LogP contribution in [-0.2, 0) is 28.8 Å². The molecular formula is C15H16N2O6. The van der Waals surface area contributed by atoms with Crippen molar-refractivity contribution in [2.75, 3.05) is 13.1 Å². The van der Waals surface area contributed by atoms with Crippen LogP contribution in [0.25, 0.3) is 0 Å². The highest BCUT2D eigenvalue weighted by atomic mass is 16.2. The number of carbonyl (C=O) groups excluding carboxylic acids is 6. The molecule has 0 unspecified atom stereocenters. The Kier molecular flexibility index (Phi) is 6.25. The predicted octanol–water partition coefficient (Wildman–Crippen LogP) is -0.609. The molecule has 8 nitrogen and oxygen atoms in total. The van der Waals surface area contributed by atoms with Gasteiger partial charge < -0.3 is 0 Å². The van der Waals surface area contributed by atoms with E-state index in [1.165, 1.54) is 19.1 Å². The third-order valence-electron chi connectivity index (χ3n) is 2.91. The highest BCUT2D eigenvalue weighted by molar-refractivity contribution is 6.15. The van der Waals surface area contributed by atoms with Crippen LogP contribution in [0.15, 0.2) is 24.3 Å². The molecule has 0 spiro atoms. The lowest BCUT2D eigenvalue weighted by Gasteiger charge is -2.10. The van der Waals surface area contributed by atoms with Crippen LogP contribution in [-0.4, -0.2) is 58.1 Å². The van der Waals surface area contributed by atoms with Gasteiger partial charge in [-0.2, -0.15) is 0 Å². The molecule has 2 aliphatic heterocycles. The summed E-state index contributed by atoms with van der Waals surface area (Å²) in [4.78, 5) is 66.6. The SMILES string of the molecule is CC(=O)CN1C(=O)C=CC1=O.CCC(=O)CN1C(=O)C=CC1=O. The number of hydrogen-bond donors (Lipinski definition) is 0. The van der Waals surface area contributed by atoms with E-state index < -0.39 is 23.6 Å². The van der Waals surface area contributed by atoms with Crippen LogP contribution in [0.4, 0.5) is 0 Å². The van der Waals surface area contributed by atoms with Gasteiger partial charge in [0.1, 0.15) is 5.78 Å². The number of Topliss-reactive ketones (excluding diaryl/α,β-unsaturated/α-hetero) is 2. The minimum absolute atomic E-state index is 0.0961. The number of rotatable bonds is 5. The van der Waals surface area contributed by atoms with E-state index >= 15 is 0 Å². The van der Waals surface area contributed by atoms with Crippen molar-refractivity contribution >= 4 is 35.2 Å². The van der Waals surface area contributed by atoms with Crippen molar-refractivity contribution in [3.05, 3.63) is 24.3 Å². The fourth-order valence-corrected chi connectivity index (χ4v) is 1.68. The molecule has 0 saturated carbocycles. The van der Waals surface area contributed by atoms with E-state index in [-0.39, 0.29) is 24.7 Å². The van der Waals surface area contributed by atoms with Crippen molar-refractivity contribution in [1.29, 1.82) is 0 Å². The standard InChI is InChI=1S/C8H9NO3.C7H7NO3/c1-2-6(10)5-9-7(11)3-4-8(9)12;1-5(9)4-8-6(10)2-3-7(8)11/h3-4H,2,5H2,1H3;2-3H,4H2,1H3. The maximum Gasteiger partial charge on any atom is 0.254 e. The molecule has 0 aromatic rings. The first-order valence-corrected chi connectivity index (χ1v) is 6.84. The van der Waals surface area contributed by atoms with E-state index in [1.54, 1.807) is 6.92 Å². The average Bonchev–Trinajstić information content (AvgIpc) is 2.97. The summed E-state index contributed by atoms with van der Waals surface area (Å²) in [7, 11) is 0. The smallest absolute Gasteiger partial charge is 0.254 e. The summed E-state index contributed by atoms with van der Waals surface area (Å²) in [5.41, 5.74) is 0. The van der Waals surface area contributed by atoms with Gasteiger partial charge in [-0.3, -0.25) is 38.6 Å². The third kappa shape index (κ3) is 5.10. The first kappa shape index (κ1) is 18.1. The van der Waals surface area contributed by atoms with E-state index in [0.29, 0.717) is 6.42 Å². The van der Waals surface area contributed by atoms with Crippen molar-refractivity contribution in [2.45, 2.75) is 20.3 Å². The monoisotopic (exact) mass is 320 g/mol. The zero-order valence-corrected chi connectivity index (χ0v) is 12.8. The van der Waals surface area contributed by atoms with Gasteiger partial charge in [-0.15, -0.1) is 0 Å². The van der Waals surface area contributed by atoms with E-state index in [9.17, 15) is 28.8 Å². The Labute approximate surface area is 132 Å². The van der Waals surface area contributed by atoms with Gasteiger partial charge in [0.05, 0.1) is 13.1 Å². The van der Waals surface area contributed by atoms with E-state index in [0.717, 1.165) is 22.0 Å². The summed E-state index contributed by atoms with van der Waals surface area (Å²) >= 11 is 0. The number of carbonyl (C=O) groups is 6.